The quantitative estimate of drug-likeness (QED) is 0.788. The summed E-state index contributed by atoms with van der Waals surface area (Å²) < 4.78 is 45.4. The van der Waals surface area contributed by atoms with Gasteiger partial charge in [-0.1, -0.05) is 12.1 Å². The van der Waals surface area contributed by atoms with Gasteiger partial charge in [0.1, 0.15) is 5.82 Å². The Labute approximate surface area is 146 Å². The zero-order chi connectivity index (χ0) is 18.4. The molecule has 1 amide bonds. The Morgan fingerprint density at radius 1 is 1.16 bits per heavy atom. The highest BCUT2D eigenvalue weighted by Gasteiger charge is 2.18. The standard InChI is InChI=1S/C17H19FN2O4S/c1-12(11-24-2)20-25(22,23)14-9-7-13(8-10-14)17(21)19-16-6-4-3-5-15(16)18/h3-10,12,20H,11H2,1-2H3,(H,19,21)/t12-/m1/s1. The van der Waals surface area contributed by atoms with Gasteiger partial charge in [-0.25, -0.2) is 17.5 Å². The first-order chi connectivity index (χ1) is 11.8. The molecule has 0 heterocycles. The number of sulfonamides is 1. The van der Waals surface area contributed by atoms with Crippen LogP contribution in [0.3, 0.4) is 0 Å². The highest BCUT2D eigenvalue weighted by molar-refractivity contribution is 7.89. The Hall–Kier alpha value is -2.29. The van der Waals surface area contributed by atoms with Crippen LogP contribution in [0.4, 0.5) is 10.1 Å². The van der Waals surface area contributed by atoms with Crippen LogP contribution < -0.4 is 10.0 Å². The van der Waals surface area contributed by atoms with Gasteiger partial charge in [0.15, 0.2) is 0 Å². The van der Waals surface area contributed by atoms with E-state index in [0.717, 1.165) is 0 Å². The van der Waals surface area contributed by atoms with Crippen LogP contribution in [-0.2, 0) is 14.8 Å². The SMILES string of the molecule is COC[C@@H](C)NS(=O)(=O)c1ccc(C(=O)Nc2ccccc2F)cc1. The zero-order valence-electron chi connectivity index (χ0n) is 13.8. The van der Waals surface area contributed by atoms with Gasteiger partial charge in [-0.2, -0.15) is 0 Å². The fourth-order valence-corrected chi connectivity index (χ4v) is 3.39. The molecule has 0 radical (unpaired) electrons. The maximum atomic E-state index is 13.6. The van der Waals surface area contributed by atoms with Crippen molar-refractivity contribution in [1.29, 1.82) is 0 Å². The second kappa shape index (κ2) is 8.19. The molecule has 1 atom stereocenters. The first-order valence-corrected chi connectivity index (χ1v) is 8.99. The fourth-order valence-electron chi connectivity index (χ4n) is 2.16. The average molecular weight is 366 g/mol. The summed E-state index contributed by atoms with van der Waals surface area (Å²) in [5.41, 5.74) is 0.270. The Kier molecular flexibility index (Phi) is 6.24. The number of anilines is 1. The second-order valence-electron chi connectivity index (χ2n) is 5.44. The minimum atomic E-state index is -3.71. The molecule has 0 saturated heterocycles. The molecule has 0 unspecified atom stereocenters. The second-order valence-corrected chi connectivity index (χ2v) is 7.15. The van der Waals surface area contributed by atoms with E-state index < -0.39 is 21.7 Å². The molecule has 0 saturated carbocycles. The molecule has 0 aromatic heterocycles. The van der Waals surface area contributed by atoms with Crippen molar-refractivity contribution < 1.29 is 22.3 Å². The summed E-state index contributed by atoms with van der Waals surface area (Å²) in [5, 5.41) is 2.44. The first-order valence-electron chi connectivity index (χ1n) is 7.50. The molecule has 0 spiro atoms. The number of methoxy groups -OCH3 is 1. The van der Waals surface area contributed by atoms with Crippen molar-refractivity contribution in [3.8, 4) is 0 Å². The van der Waals surface area contributed by atoms with Crippen molar-refractivity contribution in [1.82, 2.24) is 4.72 Å². The van der Waals surface area contributed by atoms with E-state index in [1.165, 1.54) is 49.6 Å². The number of carbonyl (C=O) groups excluding carboxylic acids is 1. The number of benzene rings is 2. The van der Waals surface area contributed by atoms with Crippen molar-refractivity contribution in [3.05, 3.63) is 59.9 Å². The molecule has 0 aliphatic heterocycles. The highest BCUT2D eigenvalue weighted by Crippen LogP contribution is 2.16. The van der Waals surface area contributed by atoms with E-state index in [1.54, 1.807) is 13.0 Å². The summed E-state index contributed by atoms with van der Waals surface area (Å²) in [6, 6.07) is 10.8. The number of amides is 1. The van der Waals surface area contributed by atoms with E-state index in [4.69, 9.17) is 4.74 Å². The van der Waals surface area contributed by atoms with E-state index in [9.17, 15) is 17.6 Å². The number of ether oxygens (including phenoxy) is 1. The van der Waals surface area contributed by atoms with Crippen molar-refractivity contribution in [2.45, 2.75) is 17.9 Å². The number of carbonyl (C=O) groups is 1. The molecule has 2 aromatic rings. The largest absolute Gasteiger partial charge is 0.383 e. The summed E-state index contributed by atoms with van der Waals surface area (Å²) in [6.45, 7) is 1.92. The van der Waals surface area contributed by atoms with E-state index >= 15 is 0 Å². The molecule has 25 heavy (non-hydrogen) atoms. The molecule has 8 heteroatoms. The predicted octanol–water partition coefficient (Wildman–Crippen LogP) is 2.39. The van der Waals surface area contributed by atoms with Gasteiger partial charge < -0.3 is 10.1 Å². The molecule has 2 rings (SSSR count). The summed E-state index contributed by atoms with van der Waals surface area (Å²) in [5.74, 6) is -1.08. The minimum Gasteiger partial charge on any atom is -0.383 e. The predicted molar refractivity (Wildman–Crippen MR) is 92.5 cm³/mol. The van der Waals surface area contributed by atoms with E-state index in [0.29, 0.717) is 0 Å². The van der Waals surface area contributed by atoms with Crippen LogP contribution in [-0.4, -0.2) is 34.1 Å². The Morgan fingerprint density at radius 3 is 2.40 bits per heavy atom. The smallest absolute Gasteiger partial charge is 0.255 e. The van der Waals surface area contributed by atoms with Crippen LogP contribution in [0.1, 0.15) is 17.3 Å². The van der Waals surface area contributed by atoms with Crippen LogP contribution in [0.15, 0.2) is 53.4 Å². The van der Waals surface area contributed by atoms with Crippen LogP contribution in [0.5, 0.6) is 0 Å². The maximum absolute atomic E-state index is 13.6. The summed E-state index contributed by atoms with van der Waals surface area (Å²) >= 11 is 0. The lowest BCUT2D eigenvalue weighted by molar-refractivity contribution is 0.102. The van der Waals surface area contributed by atoms with Gasteiger partial charge in [-0.15, -0.1) is 0 Å². The Balaban J connectivity index is 2.11. The van der Waals surface area contributed by atoms with E-state index in [2.05, 4.69) is 10.0 Å². The van der Waals surface area contributed by atoms with Gasteiger partial charge >= 0.3 is 0 Å². The van der Waals surface area contributed by atoms with Gasteiger partial charge in [0.2, 0.25) is 10.0 Å². The molecule has 134 valence electrons. The van der Waals surface area contributed by atoms with Crippen molar-refractivity contribution in [2.75, 3.05) is 19.0 Å². The molecule has 0 fully saturated rings. The van der Waals surface area contributed by atoms with Crippen LogP contribution >= 0.6 is 0 Å². The van der Waals surface area contributed by atoms with E-state index in [-0.39, 0.29) is 28.8 Å². The number of hydrogen-bond acceptors (Lipinski definition) is 4. The zero-order valence-corrected chi connectivity index (χ0v) is 14.6. The minimum absolute atomic E-state index is 0.0258. The highest BCUT2D eigenvalue weighted by atomic mass is 32.2. The third kappa shape index (κ3) is 5.09. The normalized spacial score (nSPS) is 12.6. The third-order valence-corrected chi connectivity index (χ3v) is 4.93. The molecule has 0 bridgehead atoms. The monoisotopic (exact) mass is 366 g/mol. The van der Waals surface area contributed by atoms with Gasteiger partial charge in [-0.05, 0) is 43.3 Å². The molecular formula is C17H19FN2O4S. The van der Waals surface area contributed by atoms with Gasteiger partial charge in [-0.3, -0.25) is 4.79 Å². The lowest BCUT2D eigenvalue weighted by Gasteiger charge is -2.13. The lowest BCUT2D eigenvalue weighted by atomic mass is 10.2. The van der Waals surface area contributed by atoms with Crippen molar-refractivity contribution >= 4 is 21.6 Å². The van der Waals surface area contributed by atoms with Gasteiger partial charge in [0, 0.05) is 18.7 Å². The van der Waals surface area contributed by atoms with Crippen molar-refractivity contribution in [2.24, 2.45) is 0 Å². The lowest BCUT2D eigenvalue weighted by Crippen LogP contribution is -2.35. The number of hydrogen-bond donors (Lipinski definition) is 2. The number of para-hydroxylation sites is 1. The molecule has 0 aliphatic rings. The number of nitrogens with one attached hydrogen (secondary N) is 2. The summed E-state index contributed by atoms with van der Waals surface area (Å²) in [4.78, 5) is 12.2. The molecule has 2 aromatic carbocycles. The third-order valence-electron chi connectivity index (χ3n) is 3.32. The molecular weight excluding hydrogens is 347 g/mol. The van der Waals surface area contributed by atoms with Crippen LogP contribution in [0.25, 0.3) is 0 Å². The van der Waals surface area contributed by atoms with Crippen molar-refractivity contribution in [3.63, 3.8) is 0 Å². The number of halogens is 1. The van der Waals surface area contributed by atoms with E-state index in [1.807, 2.05) is 0 Å². The maximum Gasteiger partial charge on any atom is 0.255 e. The Bertz CT molecular complexity index is 838. The number of rotatable bonds is 7. The summed E-state index contributed by atoms with van der Waals surface area (Å²) in [6.07, 6.45) is 0. The van der Waals surface area contributed by atoms with Gasteiger partial charge in [0.25, 0.3) is 5.91 Å². The first kappa shape index (κ1) is 19.0. The molecule has 6 nitrogen and oxygen atoms in total. The molecule has 0 aliphatic carbocycles. The molecule has 2 N–H and O–H groups in total. The van der Waals surface area contributed by atoms with Crippen LogP contribution in [0, 0.1) is 5.82 Å². The fraction of sp³-hybridized carbons (Fsp3) is 0.235. The Morgan fingerprint density at radius 2 is 1.80 bits per heavy atom. The summed E-state index contributed by atoms with van der Waals surface area (Å²) in [7, 11) is -2.23. The average Bonchev–Trinajstić information content (AvgIpc) is 2.57. The topological polar surface area (TPSA) is 84.5 Å². The van der Waals surface area contributed by atoms with Crippen LogP contribution in [0.2, 0.25) is 0 Å². The van der Waals surface area contributed by atoms with Gasteiger partial charge in [0.05, 0.1) is 17.2 Å².